The molecule has 0 atom stereocenters. The monoisotopic (exact) mass is 592 g/mol. The van der Waals surface area contributed by atoms with Crippen LogP contribution in [0.3, 0.4) is 0 Å². The number of benzene rings is 3. The fraction of sp³-hybridized carbons (Fsp3) is 0.286. The SMILES string of the molecule is CCc1ccnc(NC(=O)c2cccc3cc(Oc4ccnc5cc(OCCCN6CCOCC6)c(OC)cc45)ccc23)c1. The topological polar surface area (TPSA) is 95.0 Å². The van der Waals surface area contributed by atoms with Crippen LogP contribution in [0.25, 0.3) is 21.7 Å². The Balaban J connectivity index is 1.18. The normalized spacial score (nSPS) is 13.6. The first kappa shape index (κ1) is 29.3. The molecule has 1 fully saturated rings. The van der Waals surface area contributed by atoms with Crippen LogP contribution in [0, 0.1) is 0 Å². The molecule has 1 aliphatic heterocycles. The first-order valence-corrected chi connectivity index (χ1v) is 15.0. The molecule has 3 aromatic carbocycles. The number of hydrogen-bond acceptors (Lipinski definition) is 8. The summed E-state index contributed by atoms with van der Waals surface area (Å²) in [5.41, 5.74) is 2.42. The number of aryl methyl sites for hydroxylation is 1. The Kier molecular flexibility index (Phi) is 9.14. The third kappa shape index (κ3) is 6.74. The number of rotatable bonds is 11. The highest BCUT2D eigenvalue weighted by atomic mass is 16.5. The average molecular weight is 593 g/mol. The summed E-state index contributed by atoms with van der Waals surface area (Å²) in [5.74, 6) is 2.88. The Morgan fingerprint density at radius 1 is 0.932 bits per heavy atom. The summed E-state index contributed by atoms with van der Waals surface area (Å²) in [6.45, 7) is 7.12. The van der Waals surface area contributed by atoms with Crippen molar-refractivity contribution in [1.82, 2.24) is 14.9 Å². The maximum absolute atomic E-state index is 13.2. The molecule has 226 valence electrons. The first-order valence-electron chi connectivity index (χ1n) is 15.0. The molecule has 0 aliphatic carbocycles. The summed E-state index contributed by atoms with van der Waals surface area (Å²) in [7, 11) is 1.63. The van der Waals surface area contributed by atoms with E-state index in [-0.39, 0.29) is 5.91 Å². The number of methoxy groups -OCH3 is 1. The smallest absolute Gasteiger partial charge is 0.257 e. The summed E-state index contributed by atoms with van der Waals surface area (Å²) < 4.78 is 23.6. The second kappa shape index (κ2) is 13.7. The Hall–Kier alpha value is -4.73. The van der Waals surface area contributed by atoms with Crippen molar-refractivity contribution >= 4 is 33.4 Å². The number of pyridine rings is 2. The van der Waals surface area contributed by atoms with Crippen molar-refractivity contribution in [2.24, 2.45) is 0 Å². The maximum Gasteiger partial charge on any atom is 0.257 e. The molecule has 3 heterocycles. The Morgan fingerprint density at radius 3 is 2.64 bits per heavy atom. The van der Waals surface area contributed by atoms with Gasteiger partial charge < -0.3 is 24.3 Å². The molecule has 1 aliphatic rings. The lowest BCUT2D eigenvalue weighted by Gasteiger charge is -2.26. The number of nitrogens with one attached hydrogen (secondary N) is 1. The highest BCUT2D eigenvalue weighted by Gasteiger charge is 2.15. The highest BCUT2D eigenvalue weighted by Crippen LogP contribution is 2.38. The molecule has 9 heteroatoms. The van der Waals surface area contributed by atoms with Gasteiger partial charge in [0.15, 0.2) is 11.5 Å². The predicted molar refractivity (Wildman–Crippen MR) is 171 cm³/mol. The number of amides is 1. The van der Waals surface area contributed by atoms with Crippen LogP contribution in [-0.4, -0.2) is 67.3 Å². The molecule has 0 unspecified atom stereocenters. The van der Waals surface area contributed by atoms with Gasteiger partial charge in [0.1, 0.15) is 17.3 Å². The van der Waals surface area contributed by atoms with Crippen molar-refractivity contribution in [3.05, 3.63) is 90.3 Å². The molecule has 1 N–H and O–H groups in total. The van der Waals surface area contributed by atoms with Gasteiger partial charge >= 0.3 is 0 Å². The van der Waals surface area contributed by atoms with Crippen LogP contribution < -0.4 is 19.5 Å². The van der Waals surface area contributed by atoms with E-state index >= 15 is 0 Å². The number of hydrogen-bond donors (Lipinski definition) is 1. The van der Waals surface area contributed by atoms with Crippen LogP contribution in [0.15, 0.2) is 79.1 Å². The standard InChI is InChI=1S/C35H36N4O5/c1-3-24-10-12-37-34(20-24)38-35(40)28-7-4-6-25-21-26(8-9-27(25)28)44-31-11-13-36-30-23-33(32(41-2)22-29(30)31)43-17-5-14-39-15-18-42-19-16-39/h4,6-13,20-23H,3,5,14-19H2,1-2H3,(H,37,38,40). The summed E-state index contributed by atoms with van der Waals surface area (Å²) in [4.78, 5) is 24.4. The number of morpholine rings is 1. The van der Waals surface area contributed by atoms with Crippen LogP contribution in [0.5, 0.6) is 23.0 Å². The molecular formula is C35H36N4O5. The second-order valence-corrected chi connectivity index (χ2v) is 10.6. The van der Waals surface area contributed by atoms with Gasteiger partial charge in [-0.3, -0.25) is 14.7 Å². The summed E-state index contributed by atoms with van der Waals surface area (Å²) >= 11 is 0. The van der Waals surface area contributed by atoms with Gasteiger partial charge in [0.25, 0.3) is 5.91 Å². The maximum atomic E-state index is 13.2. The van der Waals surface area contributed by atoms with Crippen LogP contribution in [0.2, 0.25) is 0 Å². The molecule has 0 saturated carbocycles. The van der Waals surface area contributed by atoms with E-state index in [4.69, 9.17) is 18.9 Å². The van der Waals surface area contributed by atoms with Crippen molar-refractivity contribution in [2.75, 3.05) is 51.9 Å². The lowest BCUT2D eigenvalue weighted by atomic mass is 10.0. The summed E-state index contributed by atoms with van der Waals surface area (Å²) in [5, 5.41) is 5.44. The molecular weight excluding hydrogens is 556 g/mol. The zero-order chi connectivity index (χ0) is 30.3. The molecule has 0 bridgehead atoms. The number of nitrogens with zero attached hydrogens (tertiary/aromatic N) is 3. The van der Waals surface area contributed by atoms with Crippen molar-refractivity contribution < 1.29 is 23.7 Å². The van der Waals surface area contributed by atoms with E-state index in [1.165, 1.54) is 0 Å². The lowest BCUT2D eigenvalue weighted by molar-refractivity contribution is 0.0357. The minimum Gasteiger partial charge on any atom is -0.493 e. The molecule has 0 radical (unpaired) electrons. The molecule has 2 aromatic heterocycles. The Labute approximate surface area is 256 Å². The van der Waals surface area contributed by atoms with E-state index in [1.807, 2.05) is 66.7 Å². The minimum absolute atomic E-state index is 0.212. The van der Waals surface area contributed by atoms with Gasteiger partial charge in [0, 0.05) is 49.0 Å². The van der Waals surface area contributed by atoms with Gasteiger partial charge in [-0.05, 0) is 77.7 Å². The predicted octanol–water partition coefficient (Wildman–Crippen LogP) is 6.50. The van der Waals surface area contributed by atoms with E-state index in [0.717, 1.165) is 72.9 Å². The van der Waals surface area contributed by atoms with Gasteiger partial charge in [-0.15, -0.1) is 0 Å². The number of carbonyl (C=O) groups excluding carboxylic acids is 1. The van der Waals surface area contributed by atoms with Crippen LogP contribution in [0.4, 0.5) is 5.82 Å². The Bertz CT molecular complexity index is 1770. The molecule has 0 spiro atoms. The van der Waals surface area contributed by atoms with Gasteiger partial charge in [0.2, 0.25) is 0 Å². The minimum atomic E-state index is -0.212. The molecule has 5 aromatic rings. The number of ether oxygens (including phenoxy) is 4. The lowest BCUT2D eigenvalue weighted by Crippen LogP contribution is -2.37. The zero-order valence-corrected chi connectivity index (χ0v) is 25.0. The third-order valence-electron chi connectivity index (χ3n) is 7.77. The van der Waals surface area contributed by atoms with Crippen molar-refractivity contribution in [3.8, 4) is 23.0 Å². The number of anilines is 1. The number of carbonyl (C=O) groups is 1. The fourth-order valence-corrected chi connectivity index (χ4v) is 5.38. The molecule has 9 nitrogen and oxygen atoms in total. The van der Waals surface area contributed by atoms with Crippen molar-refractivity contribution in [2.45, 2.75) is 19.8 Å². The summed E-state index contributed by atoms with van der Waals surface area (Å²) in [6, 6.07) is 20.8. The van der Waals surface area contributed by atoms with Crippen LogP contribution >= 0.6 is 0 Å². The van der Waals surface area contributed by atoms with E-state index in [2.05, 4.69) is 27.1 Å². The number of fused-ring (bicyclic) bond motifs is 2. The third-order valence-corrected chi connectivity index (χ3v) is 7.77. The summed E-state index contributed by atoms with van der Waals surface area (Å²) in [6.07, 6.45) is 5.21. The van der Waals surface area contributed by atoms with E-state index < -0.39 is 0 Å². The zero-order valence-electron chi connectivity index (χ0n) is 25.0. The van der Waals surface area contributed by atoms with E-state index in [9.17, 15) is 4.79 Å². The first-order chi connectivity index (χ1) is 21.6. The van der Waals surface area contributed by atoms with Gasteiger partial charge in [0.05, 0.1) is 32.4 Å². The second-order valence-electron chi connectivity index (χ2n) is 10.6. The van der Waals surface area contributed by atoms with E-state index in [1.54, 1.807) is 19.5 Å². The van der Waals surface area contributed by atoms with Gasteiger partial charge in [-0.2, -0.15) is 0 Å². The van der Waals surface area contributed by atoms with Crippen molar-refractivity contribution in [3.63, 3.8) is 0 Å². The largest absolute Gasteiger partial charge is 0.493 e. The quantitative estimate of drug-likeness (QED) is 0.174. The molecule has 1 amide bonds. The van der Waals surface area contributed by atoms with Crippen LogP contribution in [-0.2, 0) is 11.2 Å². The highest BCUT2D eigenvalue weighted by molar-refractivity contribution is 6.12. The molecule has 44 heavy (non-hydrogen) atoms. The van der Waals surface area contributed by atoms with E-state index in [0.29, 0.717) is 41.0 Å². The van der Waals surface area contributed by atoms with Crippen molar-refractivity contribution in [1.29, 1.82) is 0 Å². The average Bonchev–Trinajstić information content (AvgIpc) is 3.06. The molecule has 1 saturated heterocycles. The number of aromatic nitrogens is 2. The Morgan fingerprint density at radius 2 is 1.80 bits per heavy atom. The fourth-order valence-electron chi connectivity index (χ4n) is 5.38. The van der Waals surface area contributed by atoms with Gasteiger partial charge in [-0.1, -0.05) is 19.1 Å². The van der Waals surface area contributed by atoms with Crippen LogP contribution in [0.1, 0.15) is 29.3 Å². The van der Waals surface area contributed by atoms with Gasteiger partial charge in [-0.25, -0.2) is 4.98 Å². The molecule has 6 rings (SSSR count).